The van der Waals surface area contributed by atoms with Gasteiger partial charge in [0.05, 0.1) is 11.1 Å². The molecule has 0 saturated carbocycles. The number of amides is 1. The molecule has 30 heavy (non-hydrogen) atoms. The van der Waals surface area contributed by atoms with Crippen LogP contribution in [0.25, 0.3) is 11.0 Å². The van der Waals surface area contributed by atoms with E-state index in [4.69, 9.17) is 10.5 Å². The highest BCUT2D eigenvalue weighted by molar-refractivity contribution is 8.77. The summed E-state index contributed by atoms with van der Waals surface area (Å²) in [5.41, 5.74) is 6.64. The summed E-state index contributed by atoms with van der Waals surface area (Å²) < 4.78 is 5.67. The van der Waals surface area contributed by atoms with Gasteiger partial charge >= 0.3 is 5.97 Å². The summed E-state index contributed by atoms with van der Waals surface area (Å²) in [6.45, 7) is 1.06. The molecule has 162 valence electrons. The summed E-state index contributed by atoms with van der Waals surface area (Å²) in [4.78, 5) is 32.0. The fourth-order valence-corrected chi connectivity index (χ4v) is 7.17. The highest BCUT2D eigenvalue weighted by Gasteiger charge is 2.40. The largest absolute Gasteiger partial charge is 0.463 e. The van der Waals surface area contributed by atoms with Gasteiger partial charge in [0, 0.05) is 17.4 Å². The third-order valence-corrected chi connectivity index (χ3v) is 8.85. The fourth-order valence-electron chi connectivity index (χ4n) is 4.14. The number of nitrogens with zero attached hydrogens (tertiary/aromatic N) is 1. The number of hydrogen-bond acceptors (Lipinski definition) is 7. The molecule has 1 amide bonds. The molecule has 2 atom stereocenters. The van der Waals surface area contributed by atoms with Crippen molar-refractivity contribution in [3.8, 4) is 0 Å². The highest BCUT2D eigenvalue weighted by Crippen LogP contribution is 2.40. The Labute approximate surface area is 184 Å². The molecule has 3 heterocycles. The van der Waals surface area contributed by atoms with Gasteiger partial charge in [0.1, 0.15) is 23.5 Å². The van der Waals surface area contributed by atoms with Crippen molar-refractivity contribution in [2.45, 2.75) is 55.7 Å². The molecule has 7 nitrogen and oxygen atoms in total. The van der Waals surface area contributed by atoms with E-state index in [0.717, 1.165) is 43.0 Å². The minimum Gasteiger partial charge on any atom is -0.463 e. The van der Waals surface area contributed by atoms with Crippen molar-refractivity contribution in [1.29, 1.82) is 0 Å². The van der Waals surface area contributed by atoms with Crippen molar-refractivity contribution in [3.63, 3.8) is 0 Å². The number of imidazole rings is 1. The number of fused-ring (bicyclic) bond motifs is 1. The Morgan fingerprint density at radius 1 is 1.33 bits per heavy atom. The molecular formula is C21H28N4O3S2. The second kappa shape index (κ2) is 9.62. The summed E-state index contributed by atoms with van der Waals surface area (Å²) in [7, 11) is 3.94. The first-order valence-electron chi connectivity index (χ1n) is 10.6. The van der Waals surface area contributed by atoms with Crippen LogP contribution in [0.3, 0.4) is 0 Å². The molecule has 2 unspecified atom stereocenters. The summed E-state index contributed by atoms with van der Waals surface area (Å²) >= 11 is 0. The zero-order valence-electron chi connectivity index (χ0n) is 16.9. The molecule has 0 aliphatic carbocycles. The molecule has 1 aromatic carbocycles. The van der Waals surface area contributed by atoms with Gasteiger partial charge in [0.25, 0.3) is 5.91 Å². The summed E-state index contributed by atoms with van der Waals surface area (Å²) in [6.07, 6.45) is 6.62. The maximum Gasteiger partial charge on any atom is 0.305 e. The lowest BCUT2D eigenvalue weighted by molar-refractivity contribution is -0.146. The van der Waals surface area contributed by atoms with Crippen LogP contribution in [0.4, 0.5) is 0 Å². The number of nitrogens with one attached hydrogen (secondary N) is 2. The number of para-hydroxylation sites is 1. The standard InChI is InChI=1S/C21H28N4O3S2/c22-19(27)15-6-3-7-16-18(15)25-20(24-16)21(10-4-11-23-21)13-28-17(26)8-2-1-5-14-9-12-29-30-14/h3,6-7,14,23H,1-2,4-5,8-13H2,(H2,22,27)(H,24,25). The Balaban J connectivity index is 1.37. The monoisotopic (exact) mass is 448 g/mol. The van der Waals surface area contributed by atoms with Crippen LogP contribution in [0.1, 0.15) is 61.1 Å². The zero-order chi connectivity index (χ0) is 21.0. The van der Waals surface area contributed by atoms with Crippen molar-refractivity contribution in [2.75, 3.05) is 18.9 Å². The number of ether oxygens (including phenoxy) is 1. The molecule has 2 aromatic rings. The third kappa shape index (κ3) is 4.78. The van der Waals surface area contributed by atoms with E-state index in [9.17, 15) is 9.59 Å². The van der Waals surface area contributed by atoms with Crippen molar-refractivity contribution >= 4 is 44.5 Å². The van der Waals surface area contributed by atoms with Crippen LogP contribution >= 0.6 is 21.6 Å². The first kappa shape index (κ1) is 21.5. The lowest BCUT2D eigenvalue weighted by atomic mass is 9.98. The first-order chi connectivity index (χ1) is 14.6. The van der Waals surface area contributed by atoms with Gasteiger partial charge in [-0.3, -0.25) is 9.59 Å². The van der Waals surface area contributed by atoms with E-state index in [1.807, 2.05) is 27.7 Å². The second-order valence-corrected chi connectivity index (χ2v) is 10.8. The smallest absolute Gasteiger partial charge is 0.305 e. The highest BCUT2D eigenvalue weighted by atomic mass is 33.1. The Hall–Kier alpha value is -1.71. The topological polar surface area (TPSA) is 110 Å². The Morgan fingerprint density at radius 2 is 2.23 bits per heavy atom. The van der Waals surface area contributed by atoms with Crippen molar-refractivity contribution in [2.24, 2.45) is 5.73 Å². The van der Waals surface area contributed by atoms with Gasteiger partial charge < -0.3 is 20.8 Å². The average Bonchev–Trinajstić information content (AvgIpc) is 3.50. The molecule has 9 heteroatoms. The number of hydrogen-bond donors (Lipinski definition) is 3. The Kier molecular flexibility index (Phi) is 6.90. The van der Waals surface area contributed by atoms with Crippen LogP contribution in [0.15, 0.2) is 18.2 Å². The number of rotatable bonds is 9. The number of esters is 1. The number of aromatic amines is 1. The van der Waals surface area contributed by atoms with Gasteiger partial charge in [-0.25, -0.2) is 4.98 Å². The van der Waals surface area contributed by atoms with Crippen LogP contribution < -0.4 is 11.1 Å². The first-order valence-corrected chi connectivity index (χ1v) is 12.9. The summed E-state index contributed by atoms with van der Waals surface area (Å²) in [6, 6.07) is 5.32. The number of aromatic nitrogens is 2. The summed E-state index contributed by atoms with van der Waals surface area (Å²) in [5, 5.41) is 4.21. The number of primary amides is 1. The molecule has 0 spiro atoms. The quantitative estimate of drug-likeness (QED) is 0.306. The minimum absolute atomic E-state index is 0.162. The number of nitrogens with two attached hydrogens (primary N) is 1. The van der Waals surface area contributed by atoms with Crippen LogP contribution in [-0.2, 0) is 15.1 Å². The van der Waals surface area contributed by atoms with Gasteiger partial charge in [0.2, 0.25) is 0 Å². The molecule has 4 rings (SSSR count). The molecule has 2 saturated heterocycles. The molecule has 2 aliphatic heterocycles. The average molecular weight is 449 g/mol. The fraction of sp³-hybridized carbons (Fsp3) is 0.571. The lowest BCUT2D eigenvalue weighted by Crippen LogP contribution is -2.43. The normalized spacial score (nSPS) is 23.8. The van der Waals surface area contributed by atoms with Crippen LogP contribution in [-0.4, -0.2) is 46.0 Å². The van der Waals surface area contributed by atoms with Gasteiger partial charge in [0.15, 0.2) is 0 Å². The van der Waals surface area contributed by atoms with E-state index in [1.54, 1.807) is 12.1 Å². The molecule has 4 N–H and O–H groups in total. The van der Waals surface area contributed by atoms with Crippen LogP contribution in [0, 0.1) is 0 Å². The Bertz CT molecular complexity index is 905. The van der Waals surface area contributed by atoms with E-state index >= 15 is 0 Å². The van der Waals surface area contributed by atoms with Crippen molar-refractivity contribution in [1.82, 2.24) is 15.3 Å². The van der Waals surface area contributed by atoms with Gasteiger partial charge in [-0.2, -0.15) is 0 Å². The molecule has 0 bridgehead atoms. The maximum absolute atomic E-state index is 12.3. The van der Waals surface area contributed by atoms with E-state index in [0.29, 0.717) is 23.3 Å². The molecule has 2 fully saturated rings. The van der Waals surface area contributed by atoms with Crippen LogP contribution in [0.2, 0.25) is 0 Å². The van der Waals surface area contributed by atoms with Crippen LogP contribution in [0.5, 0.6) is 0 Å². The number of H-pyrrole nitrogens is 1. The molecule has 0 radical (unpaired) electrons. The Morgan fingerprint density at radius 3 is 2.97 bits per heavy atom. The maximum atomic E-state index is 12.3. The van der Waals surface area contributed by atoms with E-state index in [1.165, 1.54) is 18.6 Å². The van der Waals surface area contributed by atoms with Crippen molar-refractivity contribution in [3.05, 3.63) is 29.6 Å². The van der Waals surface area contributed by atoms with E-state index in [-0.39, 0.29) is 12.6 Å². The van der Waals surface area contributed by atoms with Gasteiger partial charge in [-0.15, -0.1) is 0 Å². The molecular weight excluding hydrogens is 420 g/mol. The molecule has 2 aliphatic rings. The third-order valence-electron chi connectivity index (χ3n) is 5.84. The van der Waals surface area contributed by atoms with E-state index in [2.05, 4.69) is 15.3 Å². The lowest BCUT2D eigenvalue weighted by Gasteiger charge is -2.26. The van der Waals surface area contributed by atoms with Gasteiger partial charge in [-0.05, 0) is 50.8 Å². The second-order valence-electron chi connectivity index (χ2n) is 8.00. The number of unbranched alkanes of at least 4 members (excludes halogenated alkanes) is 1. The number of carbonyl (C=O) groups excluding carboxylic acids is 2. The SMILES string of the molecule is NC(=O)c1cccc2[nH]c(C3(COC(=O)CCCCC4CCSS4)CCCN3)nc12. The molecule has 1 aromatic heterocycles. The predicted molar refractivity (Wildman–Crippen MR) is 121 cm³/mol. The summed E-state index contributed by atoms with van der Waals surface area (Å²) in [5.74, 6) is 1.26. The zero-order valence-corrected chi connectivity index (χ0v) is 18.6. The van der Waals surface area contributed by atoms with Crippen molar-refractivity contribution < 1.29 is 14.3 Å². The predicted octanol–water partition coefficient (Wildman–Crippen LogP) is 3.50. The van der Waals surface area contributed by atoms with E-state index < -0.39 is 11.4 Å². The number of carbonyl (C=O) groups is 2. The van der Waals surface area contributed by atoms with Gasteiger partial charge in [-0.1, -0.05) is 34.1 Å². The minimum atomic E-state index is -0.554. The number of benzene rings is 1.